The molecule has 0 unspecified atom stereocenters. The molecule has 0 saturated carbocycles. The van der Waals surface area contributed by atoms with Gasteiger partial charge in [-0.25, -0.2) is 4.98 Å². The number of rotatable bonds is 6. The maximum absolute atomic E-state index is 12.0. The van der Waals surface area contributed by atoms with E-state index in [-0.39, 0.29) is 5.91 Å². The first kappa shape index (κ1) is 15.4. The number of carbonyl (C=O) groups excluding carboxylic acids is 1. The topological polar surface area (TPSA) is 45.2 Å². The number of nitrogens with zero attached hydrogens (tertiary/aromatic N) is 2. The fourth-order valence-corrected chi connectivity index (χ4v) is 2.53. The Morgan fingerprint density at radius 2 is 1.95 bits per heavy atom. The lowest BCUT2D eigenvalue weighted by Gasteiger charge is -2.11. The van der Waals surface area contributed by atoms with E-state index in [2.05, 4.69) is 22.4 Å². The van der Waals surface area contributed by atoms with E-state index in [1.165, 1.54) is 4.90 Å². The summed E-state index contributed by atoms with van der Waals surface area (Å²) < 4.78 is 0. The van der Waals surface area contributed by atoms with Gasteiger partial charge in [-0.3, -0.25) is 4.79 Å². The monoisotopic (exact) mass is 301 g/mol. The Morgan fingerprint density at radius 3 is 2.57 bits per heavy atom. The number of aromatic nitrogens is 1. The number of amides is 1. The second kappa shape index (κ2) is 7.69. The highest BCUT2D eigenvalue weighted by molar-refractivity contribution is 7.99. The van der Waals surface area contributed by atoms with Crippen LogP contribution in [0.4, 0.5) is 5.82 Å². The molecule has 0 saturated heterocycles. The van der Waals surface area contributed by atoms with Gasteiger partial charge in [-0.05, 0) is 24.3 Å². The quantitative estimate of drug-likeness (QED) is 0.658. The highest BCUT2D eigenvalue weighted by atomic mass is 32.2. The normalized spacial score (nSPS) is 10.2. The molecule has 2 aromatic rings. The van der Waals surface area contributed by atoms with Crippen molar-refractivity contribution in [3.8, 4) is 0 Å². The van der Waals surface area contributed by atoms with Crippen LogP contribution in [0.3, 0.4) is 0 Å². The molecule has 1 N–H and O–H groups in total. The maximum Gasteiger partial charge on any atom is 0.252 e. The van der Waals surface area contributed by atoms with Crippen molar-refractivity contribution in [3.05, 3.63) is 54.2 Å². The molecule has 2 rings (SSSR count). The highest BCUT2D eigenvalue weighted by Crippen LogP contribution is 2.15. The minimum absolute atomic E-state index is 0.0820. The molecule has 0 aliphatic heterocycles. The molecule has 0 aliphatic rings. The fraction of sp³-hybridized carbons (Fsp3) is 0.250. The molecule has 21 heavy (non-hydrogen) atoms. The summed E-state index contributed by atoms with van der Waals surface area (Å²) in [4.78, 5) is 19.3. The number of pyridine rings is 1. The lowest BCUT2D eigenvalue weighted by Crippen LogP contribution is -2.26. The molecule has 110 valence electrons. The van der Waals surface area contributed by atoms with Gasteiger partial charge in [0.25, 0.3) is 5.91 Å². The SMILES string of the molecule is CN(C)c1ccc(C(=O)NCCSc2ccccc2)cn1. The van der Waals surface area contributed by atoms with Gasteiger partial charge in [-0.1, -0.05) is 18.2 Å². The summed E-state index contributed by atoms with van der Waals surface area (Å²) in [5.74, 6) is 1.60. The third-order valence-corrected chi connectivity index (χ3v) is 3.88. The first-order valence-electron chi connectivity index (χ1n) is 6.76. The smallest absolute Gasteiger partial charge is 0.252 e. The van der Waals surface area contributed by atoms with Crippen molar-refractivity contribution in [2.75, 3.05) is 31.3 Å². The molecular formula is C16H19N3OS. The number of anilines is 1. The summed E-state index contributed by atoms with van der Waals surface area (Å²) in [5.41, 5.74) is 0.588. The van der Waals surface area contributed by atoms with Gasteiger partial charge < -0.3 is 10.2 Å². The van der Waals surface area contributed by atoms with Crippen molar-refractivity contribution in [1.29, 1.82) is 0 Å². The number of carbonyl (C=O) groups is 1. The first-order chi connectivity index (χ1) is 10.2. The number of hydrogen-bond acceptors (Lipinski definition) is 4. The minimum Gasteiger partial charge on any atom is -0.363 e. The van der Waals surface area contributed by atoms with Gasteiger partial charge in [0.1, 0.15) is 5.82 Å². The Labute approximate surface area is 129 Å². The van der Waals surface area contributed by atoms with Gasteiger partial charge >= 0.3 is 0 Å². The summed E-state index contributed by atoms with van der Waals surface area (Å²) in [7, 11) is 3.84. The number of benzene rings is 1. The van der Waals surface area contributed by atoms with Crippen LogP contribution in [-0.4, -0.2) is 37.3 Å². The number of hydrogen-bond donors (Lipinski definition) is 1. The fourth-order valence-electron chi connectivity index (χ4n) is 1.74. The number of nitrogens with one attached hydrogen (secondary N) is 1. The molecule has 1 amide bonds. The van der Waals surface area contributed by atoms with Crippen LogP contribution >= 0.6 is 11.8 Å². The average Bonchev–Trinajstić information content (AvgIpc) is 2.52. The lowest BCUT2D eigenvalue weighted by molar-refractivity contribution is 0.0956. The van der Waals surface area contributed by atoms with Crippen molar-refractivity contribution in [2.45, 2.75) is 4.90 Å². The van der Waals surface area contributed by atoms with Gasteiger partial charge in [0.05, 0.1) is 5.56 Å². The van der Waals surface area contributed by atoms with Crippen molar-refractivity contribution < 1.29 is 4.79 Å². The molecule has 1 aromatic heterocycles. The van der Waals surface area contributed by atoms with Crippen LogP contribution in [0, 0.1) is 0 Å². The third kappa shape index (κ3) is 4.79. The summed E-state index contributed by atoms with van der Waals surface area (Å²) in [6.45, 7) is 0.633. The molecule has 0 aliphatic carbocycles. The summed E-state index contributed by atoms with van der Waals surface area (Å²) in [6.07, 6.45) is 1.61. The largest absolute Gasteiger partial charge is 0.363 e. The van der Waals surface area contributed by atoms with Crippen LogP contribution < -0.4 is 10.2 Å². The second-order valence-corrected chi connectivity index (χ2v) is 5.89. The van der Waals surface area contributed by atoms with Crippen molar-refractivity contribution in [1.82, 2.24) is 10.3 Å². The zero-order valence-corrected chi connectivity index (χ0v) is 13.1. The first-order valence-corrected chi connectivity index (χ1v) is 7.75. The summed E-state index contributed by atoms with van der Waals surface area (Å²) >= 11 is 1.73. The Balaban J connectivity index is 1.76. The van der Waals surface area contributed by atoms with Crippen LogP contribution in [0.5, 0.6) is 0 Å². The maximum atomic E-state index is 12.0. The summed E-state index contributed by atoms with van der Waals surface area (Å²) in [5, 5.41) is 2.90. The predicted molar refractivity (Wildman–Crippen MR) is 88.1 cm³/mol. The zero-order chi connectivity index (χ0) is 15.1. The van der Waals surface area contributed by atoms with E-state index in [4.69, 9.17) is 0 Å². The van der Waals surface area contributed by atoms with E-state index >= 15 is 0 Å². The van der Waals surface area contributed by atoms with E-state index in [1.807, 2.05) is 43.3 Å². The molecular weight excluding hydrogens is 282 g/mol. The van der Waals surface area contributed by atoms with E-state index in [9.17, 15) is 4.79 Å². The van der Waals surface area contributed by atoms with Crippen LogP contribution in [-0.2, 0) is 0 Å². The molecule has 4 nitrogen and oxygen atoms in total. The van der Waals surface area contributed by atoms with Gasteiger partial charge in [0, 0.05) is 37.5 Å². The van der Waals surface area contributed by atoms with Gasteiger partial charge in [-0.15, -0.1) is 11.8 Å². The molecule has 0 radical (unpaired) electrons. The summed E-state index contributed by atoms with van der Waals surface area (Å²) in [6, 6.07) is 13.8. The van der Waals surface area contributed by atoms with Crippen LogP contribution in [0.25, 0.3) is 0 Å². The Bertz CT molecular complexity index is 570. The molecule has 0 fully saturated rings. The second-order valence-electron chi connectivity index (χ2n) is 4.72. The van der Waals surface area contributed by atoms with E-state index in [1.54, 1.807) is 24.0 Å². The van der Waals surface area contributed by atoms with E-state index in [0.717, 1.165) is 11.6 Å². The van der Waals surface area contributed by atoms with Crippen molar-refractivity contribution in [3.63, 3.8) is 0 Å². The highest BCUT2D eigenvalue weighted by Gasteiger charge is 2.06. The van der Waals surface area contributed by atoms with Gasteiger partial charge in [0.2, 0.25) is 0 Å². The molecule has 1 aromatic carbocycles. The molecule has 0 atom stereocenters. The van der Waals surface area contributed by atoms with E-state index < -0.39 is 0 Å². The van der Waals surface area contributed by atoms with E-state index in [0.29, 0.717) is 12.1 Å². The molecule has 5 heteroatoms. The number of thioether (sulfide) groups is 1. The van der Waals surface area contributed by atoms with Crippen LogP contribution in [0.15, 0.2) is 53.6 Å². The predicted octanol–water partition coefficient (Wildman–Crippen LogP) is 2.67. The Morgan fingerprint density at radius 1 is 1.19 bits per heavy atom. The standard InChI is InChI=1S/C16H19N3OS/c1-19(2)15-9-8-13(12-18-15)16(20)17-10-11-21-14-6-4-3-5-7-14/h3-9,12H,10-11H2,1-2H3,(H,17,20). The molecule has 0 spiro atoms. The molecule has 0 bridgehead atoms. The van der Waals surface area contributed by atoms with Crippen LogP contribution in [0.1, 0.15) is 10.4 Å². The minimum atomic E-state index is -0.0820. The third-order valence-electron chi connectivity index (χ3n) is 2.87. The average molecular weight is 301 g/mol. The Kier molecular flexibility index (Phi) is 5.63. The zero-order valence-electron chi connectivity index (χ0n) is 12.2. The van der Waals surface area contributed by atoms with Crippen LogP contribution in [0.2, 0.25) is 0 Å². The van der Waals surface area contributed by atoms with Crippen molar-refractivity contribution >= 4 is 23.5 Å². The Hall–Kier alpha value is -2.01. The van der Waals surface area contributed by atoms with Gasteiger partial charge in [-0.2, -0.15) is 0 Å². The molecule has 1 heterocycles. The van der Waals surface area contributed by atoms with Crippen molar-refractivity contribution in [2.24, 2.45) is 0 Å². The van der Waals surface area contributed by atoms with Gasteiger partial charge in [0.15, 0.2) is 0 Å². The lowest BCUT2D eigenvalue weighted by atomic mass is 10.2.